The molecule has 6 heteroatoms. The summed E-state index contributed by atoms with van der Waals surface area (Å²) >= 11 is 6.28. The molecule has 0 amide bonds. The van der Waals surface area contributed by atoms with E-state index < -0.39 is 9.84 Å². The Labute approximate surface area is 124 Å². The second-order valence-electron chi connectivity index (χ2n) is 6.21. The van der Waals surface area contributed by atoms with Crippen LogP contribution in [0, 0.1) is 0 Å². The van der Waals surface area contributed by atoms with Crippen LogP contribution in [0.4, 0.5) is 0 Å². The lowest BCUT2D eigenvalue weighted by atomic mass is 9.85. The fourth-order valence-electron chi connectivity index (χ4n) is 2.41. The van der Waals surface area contributed by atoms with Crippen molar-refractivity contribution in [2.75, 3.05) is 6.26 Å². The maximum atomic E-state index is 11.6. The van der Waals surface area contributed by atoms with Crippen LogP contribution < -0.4 is 0 Å². The van der Waals surface area contributed by atoms with E-state index in [4.69, 9.17) is 11.6 Å². The second kappa shape index (κ2) is 4.74. The summed E-state index contributed by atoms with van der Waals surface area (Å²) in [6.45, 7) is 6.33. The Bertz CT molecular complexity index is 771. The van der Waals surface area contributed by atoms with E-state index in [1.165, 1.54) is 6.26 Å². The van der Waals surface area contributed by atoms with Gasteiger partial charge in [0.2, 0.25) is 0 Å². The number of hydrogen-bond acceptors (Lipinski definition) is 3. The maximum Gasteiger partial charge on any atom is 0.153 e. The number of halogens is 1. The maximum absolute atomic E-state index is 11.6. The SMILES string of the molecule is Cn1nc(CS(C)(=O)=O)c2c(Cl)ccc(C(C)(C)C)c21. The highest BCUT2D eigenvalue weighted by Crippen LogP contribution is 2.35. The number of benzene rings is 1. The number of rotatable bonds is 2. The third-order valence-corrected chi connectivity index (χ3v) is 4.33. The Morgan fingerprint density at radius 2 is 1.90 bits per heavy atom. The first kappa shape index (κ1) is 15.3. The first-order valence-electron chi connectivity index (χ1n) is 6.33. The average Bonchev–Trinajstić information content (AvgIpc) is 2.53. The van der Waals surface area contributed by atoms with Crippen molar-refractivity contribution in [3.8, 4) is 0 Å². The summed E-state index contributed by atoms with van der Waals surface area (Å²) in [5, 5.41) is 5.65. The Kier molecular flexibility index (Phi) is 3.63. The van der Waals surface area contributed by atoms with Crippen molar-refractivity contribution in [2.24, 2.45) is 7.05 Å². The monoisotopic (exact) mass is 314 g/mol. The summed E-state index contributed by atoms with van der Waals surface area (Å²) in [6, 6.07) is 3.80. The van der Waals surface area contributed by atoms with Crippen molar-refractivity contribution in [3.63, 3.8) is 0 Å². The van der Waals surface area contributed by atoms with Crippen LogP contribution in [0.1, 0.15) is 32.0 Å². The van der Waals surface area contributed by atoms with E-state index in [0.29, 0.717) is 10.7 Å². The molecule has 0 aliphatic carbocycles. The summed E-state index contributed by atoms with van der Waals surface area (Å²) in [5.74, 6) is -0.0995. The molecule has 2 aromatic rings. The van der Waals surface area contributed by atoms with E-state index in [9.17, 15) is 8.42 Å². The molecule has 0 saturated heterocycles. The molecule has 20 heavy (non-hydrogen) atoms. The van der Waals surface area contributed by atoms with Gasteiger partial charge in [-0.3, -0.25) is 4.68 Å². The van der Waals surface area contributed by atoms with Gasteiger partial charge in [0.1, 0.15) is 0 Å². The third-order valence-electron chi connectivity index (χ3n) is 3.22. The number of sulfone groups is 1. The summed E-state index contributed by atoms with van der Waals surface area (Å²) in [7, 11) is -1.34. The Balaban J connectivity index is 2.83. The zero-order chi connectivity index (χ0) is 15.3. The topological polar surface area (TPSA) is 52.0 Å². The smallest absolute Gasteiger partial charge is 0.153 e. The van der Waals surface area contributed by atoms with E-state index >= 15 is 0 Å². The molecule has 0 saturated carbocycles. The molecule has 110 valence electrons. The van der Waals surface area contributed by atoms with Gasteiger partial charge in [0, 0.05) is 18.7 Å². The van der Waals surface area contributed by atoms with Gasteiger partial charge < -0.3 is 0 Å². The van der Waals surface area contributed by atoms with Crippen molar-refractivity contribution in [3.05, 3.63) is 28.4 Å². The van der Waals surface area contributed by atoms with Crippen LogP contribution in [-0.2, 0) is 28.1 Å². The fraction of sp³-hybridized carbons (Fsp3) is 0.500. The van der Waals surface area contributed by atoms with Crippen LogP contribution in [0.3, 0.4) is 0 Å². The fourth-order valence-corrected chi connectivity index (χ4v) is 3.37. The van der Waals surface area contributed by atoms with Crippen LogP contribution in [0.2, 0.25) is 5.02 Å². The Morgan fingerprint density at radius 3 is 2.40 bits per heavy atom. The Morgan fingerprint density at radius 1 is 1.30 bits per heavy atom. The third kappa shape index (κ3) is 2.83. The summed E-state index contributed by atoms with van der Waals surface area (Å²) in [5.41, 5.74) is 2.45. The number of hydrogen-bond donors (Lipinski definition) is 0. The highest BCUT2D eigenvalue weighted by atomic mass is 35.5. The molecule has 2 rings (SSSR count). The molecule has 4 nitrogen and oxygen atoms in total. The van der Waals surface area contributed by atoms with Gasteiger partial charge in [-0.15, -0.1) is 0 Å². The van der Waals surface area contributed by atoms with Gasteiger partial charge in [-0.1, -0.05) is 38.4 Å². The quantitative estimate of drug-likeness (QED) is 0.856. The minimum atomic E-state index is -3.15. The molecule has 0 aliphatic rings. The van der Waals surface area contributed by atoms with Crippen molar-refractivity contribution < 1.29 is 8.42 Å². The number of nitrogens with zero attached hydrogens (tertiary/aromatic N) is 2. The molecule has 0 fully saturated rings. The summed E-state index contributed by atoms with van der Waals surface area (Å²) in [4.78, 5) is 0. The Hall–Kier alpha value is -1.07. The molecule has 0 atom stereocenters. The van der Waals surface area contributed by atoms with Crippen molar-refractivity contribution in [2.45, 2.75) is 31.9 Å². The first-order chi connectivity index (χ1) is 9.00. The first-order valence-corrected chi connectivity index (χ1v) is 8.77. The second-order valence-corrected chi connectivity index (χ2v) is 8.76. The molecule has 0 radical (unpaired) electrons. The lowest BCUT2D eigenvalue weighted by molar-refractivity contribution is 0.589. The highest BCUT2D eigenvalue weighted by Gasteiger charge is 2.24. The van der Waals surface area contributed by atoms with Gasteiger partial charge in [0.05, 0.1) is 22.0 Å². The number of aryl methyl sites for hydroxylation is 1. The normalized spacial score (nSPS) is 13.1. The lowest BCUT2D eigenvalue weighted by Gasteiger charge is -2.21. The van der Waals surface area contributed by atoms with Crippen LogP contribution in [0.25, 0.3) is 10.9 Å². The zero-order valence-electron chi connectivity index (χ0n) is 12.4. The molecule has 0 N–H and O–H groups in total. The van der Waals surface area contributed by atoms with Gasteiger partial charge in [0.25, 0.3) is 0 Å². The van der Waals surface area contributed by atoms with E-state index in [0.717, 1.165) is 16.5 Å². The van der Waals surface area contributed by atoms with Crippen LogP contribution in [0.15, 0.2) is 12.1 Å². The van der Waals surface area contributed by atoms with Gasteiger partial charge >= 0.3 is 0 Å². The van der Waals surface area contributed by atoms with E-state index in [-0.39, 0.29) is 11.2 Å². The van der Waals surface area contributed by atoms with E-state index in [1.54, 1.807) is 4.68 Å². The van der Waals surface area contributed by atoms with Crippen molar-refractivity contribution in [1.82, 2.24) is 9.78 Å². The molecule has 0 spiro atoms. The van der Waals surface area contributed by atoms with E-state index in [2.05, 4.69) is 25.9 Å². The van der Waals surface area contributed by atoms with Crippen molar-refractivity contribution in [1.29, 1.82) is 0 Å². The molecule has 0 unspecified atom stereocenters. The van der Waals surface area contributed by atoms with Gasteiger partial charge in [0.15, 0.2) is 9.84 Å². The predicted octanol–water partition coefficient (Wildman–Crippen LogP) is 3.07. The zero-order valence-corrected chi connectivity index (χ0v) is 13.9. The van der Waals surface area contributed by atoms with E-state index in [1.807, 2.05) is 19.2 Å². The lowest BCUT2D eigenvalue weighted by Crippen LogP contribution is -2.13. The molecule has 0 bridgehead atoms. The van der Waals surface area contributed by atoms with Gasteiger partial charge in [-0.2, -0.15) is 5.10 Å². The van der Waals surface area contributed by atoms with Crippen LogP contribution >= 0.6 is 11.6 Å². The molecular weight excluding hydrogens is 296 g/mol. The minimum Gasteiger partial charge on any atom is -0.267 e. The largest absolute Gasteiger partial charge is 0.267 e. The molecule has 1 heterocycles. The predicted molar refractivity (Wildman–Crippen MR) is 83.0 cm³/mol. The molecule has 0 aliphatic heterocycles. The van der Waals surface area contributed by atoms with Gasteiger partial charge in [-0.25, -0.2) is 8.42 Å². The van der Waals surface area contributed by atoms with Crippen LogP contribution in [0.5, 0.6) is 0 Å². The summed E-state index contributed by atoms with van der Waals surface area (Å²) < 4.78 is 24.8. The summed E-state index contributed by atoms with van der Waals surface area (Å²) in [6.07, 6.45) is 1.20. The number of aromatic nitrogens is 2. The molecule has 1 aromatic heterocycles. The number of fused-ring (bicyclic) bond motifs is 1. The standard InChI is InChI=1S/C14H19ClN2O2S/c1-14(2,3)9-6-7-10(15)12-11(8-20(5,18)19)16-17(4)13(9)12/h6-7H,8H2,1-5H3. The molecule has 1 aromatic carbocycles. The minimum absolute atomic E-state index is 0.0704. The highest BCUT2D eigenvalue weighted by molar-refractivity contribution is 7.89. The van der Waals surface area contributed by atoms with Crippen molar-refractivity contribution >= 4 is 32.3 Å². The van der Waals surface area contributed by atoms with Crippen LogP contribution in [-0.4, -0.2) is 24.5 Å². The van der Waals surface area contributed by atoms with Gasteiger partial charge in [-0.05, 0) is 17.0 Å². The average molecular weight is 315 g/mol. The molecular formula is C14H19ClN2O2S.